The quantitative estimate of drug-likeness (QED) is 0.334. The van der Waals surface area contributed by atoms with E-state index in [0.29, 0.717) is 19.5 Å². The van der Waals surface area contributed by atoms with Crippen LogP contribution >= 0.6 is 0 Å². The predicted molar refractivity (Wildman–Crippen MR) is 93.3 cm³/mol. The maximum atomic E-state index is 12.2. The van der Waals surface area contributed by atoms with Crippen LogP contribution in [0.2, 0.25) is 0 Å². The van der Waals surface area contributed by atoms with Gasteiger partial charge in [-0.05, 0) is 33.1 Å². The zero-order chi connectivity index (χ0) is 16.1. The Hall–Kier alpha value is -1.31. The highest BCUT2D eigenvalue weighted by Crippen LogP contribution is 2.11. The molecule has 0 bridgehead atoms. The van der Waals surface area contributed by atoms with Crippen LogP contribution in [0.25, 0.3) is 0 Å². The van der Waals surface area contributed by atoms with Gasteiger partial charge in [0.2, 0.25) is 5.91 Å². The van der Waals surface area contributed by atoms with Crippen LogP contribution in [0.5, 0.6) is 0 Å². The lowest BCUT2D eigenvalue weighted by atomic mass is 10.1. The Morgan fingerprint density at radius 1 is 0.905 bits per heavy atom. The number of carbonyl (C=O) groups excluding carboxylic acids is 1. The van der Waals surface area contributed by atoms with Crippen molar-refractivity contribution >= 4 is 5.91 Å². The van der Waals surface area contributed by atoms with Gasteiger partial charge in [0.1, 0.15) is 0 Å². The second kappa shape index (κ2) is 12.4. The van der Waals surface area contributed by atoms with E-state index in [9.17, 15) is 4.79 Å². The zero-order valence-electron chi connectivity index (χ0n) is 14.1. The van der Waals surface area contributed by atoms with Gasteiger partial charge in [-0.1, -0.05) is 56.1 Å². The van der Waals surface area contributed by atoms with E-state index in [1.807, 2.05) is 24.8 Å². The monoisotopic (exact) mass is 291 g/mol. The third-order valence-corrected chi connectivity index (χ3v) is 3.32. The van der Waals surface area contributed by atoms with Crippen LogP contribution in [0.4, 0.5) is 0 Å². The molecule has 0 rings (SSSR count). The second-order valence-corrected chi connectivity index (χ2v) is 6.11. The molecule has 0 fully saturated rings. The van der Waals surface area contributed by atoms with Gasteiger partial charge in [0, 0.05) is 19.5 Å². The topological polar surface area (TPSA) is 20.3 Å². The molecule has 0 spiro atoms. The van der Waals surface area contributed by atoms with Crippen LogP contribution in [0.1, 0.15) is 65.2 Å². The third-order valence-electron chi connectivity index (χ3n) is 3.32. The molecule has 0 aromatic heterocycles. The van der Waals surface area contributed by atoms with E-state index < -0.39 is 0 Å². The van der Waals surface area contributed by atoms with E-state index in [1.54, 1.807) is 0 Å². The molecule has 0 radical (unpaired) electrons. The number of hydrogen-bond acceptors (Lipinski definition) is 1. The fraction of sp³-hybridized carbons (Fsp3) is 0.632. The number of rotatable bonds is 13. The fourth-order valence-corrected chi connectivity index (χ4v) is 2.31. The third kappa shape index (κ3) is 12.2. The van der Waals surface area contributed by atoms with Gasteiger partial charge < -0.3 is 4.90 Å². The van der Waals surface area contributed by atoms with Crippen molar-refractivity contribution in [1.29, 1.82) is 0 Å². The summed E-state index contributed by atoms with van der Waals surface area (Å²) in [5.74, 6) is 0.229. The first-order valence-corrected chi connectivity index (χ1v) is 8.14. The lowest BCUT2D eigenvalue weighted by molar-refractivity contribution is -0.130. The lowest BCUT2D eigenvalue weighted by Crippen LogP contribution is -2.33. The summed E-state index contributed by atoms with van der Waals surface area (Å²) in [6, 6.07) is 0. The fourth-order valence-electron chi connectivity index (χ4n) is 2.31. The summed E-state index contributed by atoms with van der Waals surface area (Å²) in [7, 11) is 0. The molecule has 1 amide bonds. The molecular formula is C19H33NO. The maximum Gasteiger partial charge on any atom is 0.223 e. The molecule has 0 aromatic carbocycles. The van der Waals surface area contributed by atoms with Crippen molar-refractivity contribution in [3.05, 3.63) is 37.0 Å². The minimum atomic E-state index is 0.229. The van der Waals surface area contributed by atoms with Crippen molar-refractivity contribution in [2.45, 2.75) is 65.2 Å². The molecule has 0 saturated carbocycles. The smallest absolute Gasteiger partial charge is 0.223 e. The summed E-state index contributed by atoms with van der Waals surface area (Å²) in [4.78, 5) is 14.1. The number of carbonyl (C=O) groups is 1. The average molecular weight is 291 g/mol. The van der Waals surface area contributed by atoms with Gasteiger partial charge in [0.05, 0.1) is 0 Å². The Morgan fingerprint density at radius 2 is 1.38 bits per heavy atom. The molecule has 120 valence electrons. The van der Waals surface area contributed by atoms with E-state index in [4.69, 9.17) is 0 Å². The highest BCUT2D eigenvalue weighted by molar-refractivity contribution is 5.76. The van der Waals surface area contributed by atoms with Crippen LogP contribution in [0.3, 0.4) is 0 Å². The van der Waals surface area contributed by atoms with Gasteiger partial charge in [0.15, 0.2) is 0 Å². The minimum Gasteiger partial charge on any atom is -0.335 e. The summed E-state index contributed by atoms with van der Waals surface area (Å²) in [6.07, 6.45) is 10.9. The number of amides is 1. The molecular weight excluding hydrogens is 258 g/mol. The Morgan fingerprint density at radius 3 is 1.86 bits per heavy atom. The molecule has 2 heteroatoms. The summed E-state index contributed by atoms with van der Waals surface area (Å²) in [5.41, 5.74) is 2.04. The van der Waals surface area contributed by atoms with E-state index in [-0.39, 0.29) is 5.91 Å². The zero-order valence-corrected chi connectivity index (χ0v) is 14.1. The number of hydrogen-bond donors (Lipinski definition) is 0. The summed E-state index contributed by atoms with van der Waals surface area (Å²) in [5, 5.41) is 0. The molecule has 0 aliphatic rings. The number of allylic oxidation sites excluding steroid dienone is 1. The first-order valence-electron chi connectivity index (χ1n) is 8.14. The molecule has 21 heavy (non-hydrogen) atoms. The van der Waals surface area contributed by atoms with Crippen molar-refractivity contribution < 1.29 is 4.79 Å². The molecule has 0 aliphatic carbocycles. The van der Waals surface area contributed by atoms with E-state index in [0.717, 1.165) is 30.4 Å². The minimum absolute atomic E-state index is 0.229. The molecule has 0 N–H and O–H groups in total. The van der Waals surface area contributed by atoms with Gasteiger partial charge in [-0.25, -0.2) is 0 Å². The van der Waals surface area contributed by atoms with Crippen LogP contribution < -0.4 is 0 Å². The Balaban J connectivity index is 3.84. The first kappa shape index (κ1) is 19.7. The summed E-state index contributed by atoms with van der Waals surface area (Å²) >= 11 is 0. The summed E-state index contributed by atoms with van der Waals surface area (Å²) < 4.78 is 0. The summed E-state index contributed by atoms with van der Waals surface area (Å²) in [6.45, 7) is 16.7. The van der Waals surface area contributed by atoms with Gasteiger partial charge in [-0.15, -0.1) is 6.58 Å². The predicted octanol–water partition coefficient (Wildman–Crippen LogP) is 5.27. The Labute approximate surface area is 131 Å². The van der Waals surface area contributed by atoms with Crippen LogP contribution in [0, 0.1) is 0 Å². The van der Waals surface area contributed by atoms with Crippen LogP contribution in [-0.4, -0.2) is 23.9 Å². The van der Waals surface area contributed by atoms with Crippen LogP contribution in [-0.2, 0) is 4.79 Å². The average Bonchev–Trinajstić information content (AvgIpc) is 2.39. The van der Waals surface area contributed by atoms with Gasteiger partial charge in [-0.3, -0.25) is 4.79 Å². The Bertz CT molecular complexity index is 327. The normalized spacial score (nSPS) is 10.2. The SMILES string of the molecule is C=CCCCCCCCCC(=O)N(CC(=C)C)CC(=C)C. The molecule has 2 nitrogen and oxygen atoms in total. The first-order chi connectivity index (χ1) is 9.97. The molecule has 0 unspecified atom stereocenters. The van der Waals surface area contributed by atoms with E-state index >= 15 is 0 Å². The molecule has 0 saturated heterocycles. The van der Waals surface area contributed by atoms with Gasteiger partial charge in [0.25, 0.3) is 0 Å². The number of unbranched alkanes of at least 4 members (excludes halogenated alkanes) is 6. The number of nitrogens with zero attached hydrogens (tertiary/aromatic N) is 1. The van der Waals surface area contributed by atoms with Crippen molar-refractivity contribution in [2.75, 3.05) is 13.1 Å². The second-order valence-electron chi connectivity index (χ2n) is 6.11. The van der Waals surface area contributed by atoms with Gasteiger partial charge >= 0.3 is 0 Å². The highest BCUT2D eigenvalue weighted by Gasteiger charge is 2.12. The van der Waals surface area contributed by atoms with Crippen molar-refractivity contribution in [3.63, 3.8) is 0 Å². The molecule has 0 aromatic rings. The molecule has 0 heterocycles. The lowest BCUT2D eigenvalue weighted by Gasteiger charge is -2.23. The van der Waals surface area contributed by atoms with E-state index in [1.165, 1.54) is 25.7 Å². The highest BCUT2D eigenvalue weighted by atomic mass is 16.2. The van der Waals surface area contributed by atoms with Gasteiger partial charge in [-0.2, -0.15) is 0 Å². The van der Waals surface area contributed by atoms with Crippen molar-refractivity contribution in [2.24, 2.45) is 0 Å². The van der Waals surface area contributed by atoms with Crippen molar-refractivity contribution in [3.8, 4) is 0 Å². The standard InChI is InChI=1S/C19H33NO/c1-6-7-8-9-10-11-12-13-14-19(21)20(15-17(2)3)16-18(4)5/h6H,1-2,4,7-16H2,3,5H3. The van der Waals surface area contributed by atoms with Crippen molar-refractivity contribution in [1.82, 2.24) is 4.90 Å². The van der Waals surface area contributed by atoms with Crippen LogP contribution in [0.15, 0.2) is 37.0 Å². The van der Waals surface area contributed by atoms with E-state index in [2.05, 4.69) is 19.7 Å². The Kier molecular flexibility index (Phi) is 11.7. The largest absolute Gasteiger partial charge is 0.335 e. The molecule has 0 aliphatic heterocycles. The molecule has 0 atom stereocenters. The maximum absolute atomic E-state index is 12.2.